The molecule has 2 rings (SSSR count). The van der Waals surface area contributed by atoms with Gasteiger partial charge in [0.1, 0.15) is 11.6 Å². The molecule has 0 radical (unpaired) electrons. The lowest BCUT2D eigenvalue weighted by atomic mass is 10.2. The van der Waals surface area contributed by atoms with Crippen molar-refractivity contribution in [3.63, 3.8) is 0 Å². The molecular weight excluding hydrogens is 221 g/mol. The summed E-state index contributed by atoms with van der Waals surface area (Å²) in [6.07, 6.45) is 1.20. The normalized spacial score (nSPS) is 10.2. The van der Waals surface area contributed by atoms with Crippen LogP contribution in [0.4, 0.5) is 4.39 Å². The number of hydrogen-bond donors (Lipinski definition) is 0. The maximum Gasteiger partial charge on any atom is 0.251 e. The predicted molar refractivity (Wildman–Crippen MR) is 62.8 cm³/mol. The molecule has 1 aromatic heterocycles. The van der Waals surface area contributed by atoms with E-state index >= 15 is 0 Å². The van der Waals surface area contributed by atoms with E-state index in [1.807, 2.05) is 24.3 Å². The van der Waals surface area contributed by atoms with Crippen LogP contribution in [0.2, 0.25) is 0 Å². The number of pyridine rings is 1. The van der Waals surface area contributed by atoms with Crippen LogP contribution in [0.5, 0.6) is 5.75 Å². The van der Waals surface area contributed by atoms with Gasteiger partial charge in [-0.05, 0) is 23.8 Å². The molecule has 0 unspecified atom stereocenters. The lowest BCUT2D eigenvalue weighted by Gasteiger charge is -2.07. The van der Waals surface area contributed by atoms with Crippen LogP contribution in [0.15, 0.2) is 47.4 Å². The van der Waals surface area contributed by atoms with Crippen LogP contribution >= 0.6 is 0 Å². The summed E-state index contributed by atoms with van der Waals surface area (Å²) >= 11 is 0. The molecule has 2 aromatic rings. The van der Waals surface area contributed by atoms with E-state index in [2.05, 4.69) is 0 Å². The van der Waals surface area contributed by atoms with Gasteiger partial charge < -0.3 is 9.30 Å². The van der Waals surface area contributed by atoms with E-state index in [9.17, 15) is 9.18 Å². The van der Waals surface area contributed by atoms with Crippen molar-refractivity contribution in [2.45, 2.75) is 6.54 Å². The minimum Gasteiger partial charge on any atom is -0.497 e. The number of nitrogens with zero attached hydrogens (tertiary/aromatic N) is 1. The van der Waals surface area contributed by atoms with Gasteiger partial charge in [0, 0.05) is 12.3 Å². The summed E-state index contributed by atoms with van der Waals surface area (Å²) in [7, 11) is 1.58. The average Bonchev–Trinajstić information content (AvgIpc) is 2.34. The second kappa shape index (κ2) is 4.82. The molecule has 1 heterocycles. The molecule has 0 bridgehead atoms. The molecule has 0 fully saturated rings. The van der Waals surface area contributed by atoms with Gasteiger partial charge in [0.15, 0.2) is 0 Å². The number of halogens is 1. The van der Waals surface area contributed by atoms with Gasteiger partial charge in [0.2, 0.25) is 0 Å². The van der Waals surface area contributed by atoms with Crippen molar-refractivity contribution in [3.05, 3.63) is 64.3 Å². The Morgan fingerprint density at radius 1 is 1.29 bits per heavy atom. The van der Waals surface area contributed by atoms with Crippen LogP contribution in [-0.2, 0) is 6.54 Å². The molecule has 0 atom stereocenters. The maximum atomic E-state index is 13.0. The van der Waals surface area contributed by atoms with Crippen LogP contribution in [0, 0.1) is 5.82 Å². The number of hydrogen-bond acceptors (Lipinski definition) is 2. The highest BCUT2D eigenvalue weighted by Crippen LogP contribution is 2.13. The van der Waals surface area contributed by atoms with Gasteiger partial charge in [0.25, 0.3) is 5.56 Å². The van der Waals surface area contributed by atoms with E-state index in [-0.39, 0.29) is 5.56 Å². The minimum atomic E-state index is -0.424. The largest absolute Gasteiger partial charge is 0.497 e. The highest BCUT2D eigenvalue weighted by atomic mass is 19.1. The van der Waals surface area contributed by atoms with Crippen LogP contribution in [-0.4, -0.2) is 11.7 Å². The third-order valence-electron chi connectivity index (χ3n) is 2.43. The van der Waals surface area contributed by atoms with Gasteiger partial charge in [0.05, 0.1) is 13.7 Å². The van der Waals surface area contributed by atoms with E-state index in [0.29, 0.717) is 12.3 Å². The standard InChI is InChI=1S/C13H12FNO2/c1-17-12-4-2-3-10(7-12)8-15-9-11(14)5-6-13(15)16/h2-7,9H,8H2,1H3. The summed E-state index contributed by atoms with van der Waals surface area (Å²) < 4.78 is 19.4. The highest BCUT2D eigenvalue weighted by molar-refractivity contribution is 5.28. The monoisotopic (exact) mass is 233 g/mol. The van der Waals surface area contributed by atoms with Crippen LogP contribution in [0.3, 0.4) is 0 Å². The van der Waals surface area contributed by atoms with Crippen molar-refractivity contribution >= 4 is 0 Å². The van der Waals surface area contributed by atoms with E-state index in [4.69, 9.17) is 4.74 Å². The molecule has 0 aliphatic carbocycles. The van der Waals surface area contributed by atoms with E-state index < -0.39 is 5.82 Å². The van der Waals surface area contributed by atoms with Crippen molar-refractivity contribution < 1.29 is 9.13 Å². The number of benzene rings is 1. The lowest BCUT2D eigenvalue weighted by molar-refractivity contribution is 0.414. The zero-order valence-corrected chi connectivity index (χ0v) is 9.39. The van der Waals surface area contributed by atoms with Gasteiger partial charge in [-0.2, -0.15) is 0 Å². The zero-order chi connectivity index (χ0) is 12.3. The van der Waals surface area contributed by atoms with Gasteiger partial charge in [-0.3, -0.25) is 4.79 Å². The summed E-state index contributed by atoms with van der Waals surface area (Å²) in [4.78, 5) is 11.5. The first-order valence-electron chi connectivity index (χ1n) is 5.18. The molecule has 0 saturated carbocycles. The van der Waals surface area contributed by atoms with Crippen LogP contribution in [0.25, 0.3) is 0 Å². The quantitative estimate of drug-likeness (QED) is 0.812. The van der Waals surface area contributed by atoms with Crippen LogP contribution < -0.4 is 10.3 Å². The molecule has 0 aliphatic heterocycles. The third kappa shape index (κ3) is 2.72. The molecule has 0 saturated heterocycles. The first-order chi connectivity index (χ1) is 8.19. The van der Waals surface area contributed by atoms with Crippen molar-refractivity contribution in [1.82, 2.24) is 4.57 Å². The maximum absolute atomic E-state index is 13.0. The topological polar surface area (TPSA) is 31.2 Å². The molecule has 1 aromatic carbocycles. The van der Waals surface area contributed by atoms with Crippen LogP contribution in [0.1, 0.15) is 5.56 Å². The Bertz CT molecular complexity index is 578. The van der Waals surface area contributed by atoms with Gasteiger partial charge in [-0.15, -0.1) is 0 Å². The lowest BCUT2D eigenvalue weighted by Crippen LogP contribution is -2.19. The molecule has 0 N–H and O–H groups in total. The molecular formula is C13H12FNO2. The van der Waals surface area contributed by atoms with Crippen molar-refractivity contribution in [1.29, 1.82) is 0 Å². The number of rotatable bonds is 3. The Balaban J connectivity index is 2.31. The second-order valence-corrected chi connectivity index (χ2v) is 3.66. The van der Waals surface area contributed by atoms with Crippen molar-refractivity contribution in [2.75, 3.05) is 7.11 Å². The minimum absolute atomic E-state index is 0.228. The molecule has 0 amide bonds. The summed E-state index contributed by atoms with van der Waals surface area (Å²) in [6.45, 7) is 0.327. The smallest absolute Gasteiger partial charge is 0.251 e. The summed E-state index contributed by atoms with van der Waals surface area (Å²) in [6, 6.07) is 9.70. The Morgan fingerprint density at radius 2 is 2.12 bits per heavy atom. The van der Waals surface area contributed by atoms with Gasteiger partial charge >= 0.3 is 0 Å². The average molecular weight is 233 g/mol. The molecule has 3 nitrogen and oxygen atoms in total. The Hall–Kier alpha value is -2.10. The Kier molecular flexibility index (Phi) is 3.23. The first-order valence-corrected chi connectivity index (χ1v) is 5.18. The third-order valence-corrected chi connectivity index (χ3v) is 2.43. The van der Waals surface area contributed by atoms with E-state index in [1.54, 1.807) is 7.11 Å². The van der Waals surface area contributed by atoms with Crippen molar-refractivity contribution in [3.8, 4) is 5.75 Å². The number of ether oxygens (including phenoxy) is 1. The first kappa shape index (κ1) is 11.4. The zero-order valence-electron chi connectivity index (χ0n) is 9.39. The SMILES string of the molecule is COc1cccc(Cn2cc(F)ccc2=O)c1. The van der Waals surface area contributed by atoms with Gasteiger partial charge in [-0.1, -0.05) is 12.1 Å². The molecule has 4 heteroatoms. The second-order valence-electron chi connectivity index (χ2n) is 3.66. The van der Waals surface area contributed by atoms with E-state index in [0.717, 1.165) is 11.6 Å². The fourth-order valence-corrected chi connectivity index (χ4v) is 1.59. The predicted octanol–water partition coefficient (Wildman–Crippen LogP) is 2.04. The Labute approximate surface area is 98.1 Å². The Morgan fingerprint density at radius 3 is 2.88 bits per heavy atom. The van der Waals surface area contributed by atoms with Crippen molar-refractivity contribution in [2.24, 2.45) is 0 Å². The fraction of sp³-hybridized carbons (Fsp3) is 0.154. The molecule has 88 valence electrons. The highest BCUT2D eigenvalue weighted by Gasteiger charge is 2.01. The summed E-state index contributed by atoms with van der Waals surface area (Å²) in [5, 5.41) is 0. The van der Waals surface area contributed by atoms with E-state index in [1.165, 1.54) is 16.8 Å². The number of aromatic nitrogens is 1. The molecule has 17 heavy (non-hydrogen) atoms. The fourth-order valence-electron chi connectivity index (χ4n) is 1.59. The summed E-state index contributed by atoms with van der Waals surface area (Å²) in [5.41, 5.74) is 0.659. The van der Waals surface area contributed by atoms with Gasteiger partial charge in [-0.25, -0.2) is 4.39 Å². The molecule has 0 aliphatic rings. The summed E-state index contributed by atoms with van der Waals surface area (Å²) in [5.74, 6) is 0.291. The molecule has 0 spiro atoms. The number of methoxy groups -OCH3 is 1.